The summed E-state index contributed by atoms with van der Waals surface area (Å²) in [5.41, 5.74) is -0.661. The standard InChI is InChI=1S/C12H21NO6S/c1-12(2,3)19-11(15)13-9-5-6-20(16,17)7-8(9)10(14)18-4/h8-9H,5-7H2,1-4H3,(H,13,15)/t8-,9-/m1/s1. The van der Waals surface area contributed by atoms with Crippen LogP contribution in [0.1, 0.15) is 27.2 Å². The Kier molecular flexibility index (Phi) is 5.01. The van der Waals surface area contributed by atoms with Crippen LogP contribution in [0, 0.1) is 5.92 Å². The van der Waals surface area contributed by atoms with Crippen molar-refractivity contribution in [3.63, 3.8) is 0 Å². The van der Waals surface area contributed by atoms with E-state index in [0.29, 0.717) is 0 Å². The summed E-state index contributed by atoms with van der Waals surface area (Å²) in [5, 5.41) is 2.55. The number of amides is 1. The van der Waals surface area contributed by atoms with Gasteiger partial charge in [0.05, 0.1) is 24.5 Å². The molecule has 0 saturated carbocycles. The van der Waals surface area contributed by atoms with Gasteiger partial charge in [0.2, 0.25) is 0 Å². The maximum atomic E-state index is 11.7. The normalized spacial score (nSPS) is 25.6. The lowest BCUT2D eigenvalue weighted by Gasteiger charge is -2.31. The molecule has 0 aliphatic carbocycles. The Morgan fingerprint density at radius 2 is 1.85 bits per heavy atom. The van der Waals surface area contributed by atoms with Crippen molar-refractivity contribution in [2.24, 2.45) is 5.92 Å². The highest BCUT2D eigenvalue weighted by atomic mass is 32.2. The fourth-order valence-electron chi connectivity index (χ4n) is 2.00. The molecule has 1 N–H and O–H groups in total. The first-order valence-electron chi connectivity index (χ1n) is 6.32. The molecular weight excluding hydrogens is 286 g/mol. The summed E-state index contributed by atoms with van der Waals surface area (Å²) in [4.78, 5) is 23.4. The van der Waals surface area contributed by atoms with E-state index in [-0.39, 0.29) is 17.9 Å². The first kappa shape index (κ1) is 16.7. The predicted molar refractivity (Wildman–Crippen MR) is 71.9 cm³/mol. The number of carbonyl (C=O) groups excluding carboxylic acids is 2. The molecule has 1 heterocycles. The number of methoxy groups -OCH3 is 1. The second kappa shape index (κ2) is 5.99. The topological polar surface area (TPSA) is 98.8 Å². The molecule has 7 nitrogen and oxygen atoms in total. The number of alkyl carbamates (subject to hydrolysis) is 1. The molecule has 1 amide bonds. The minimum Gasteiger partial charge on any atom is -0.469 e. The third-order valence-corrected chi connectivity index (χ3v) is 4.59. The Morgan fingerprint density at radius 1 is 1.25 bits per heavy atom. The molecule has 1 saturated heterocycles. The van der Waals surface area contributed by atoms with Crippen molar-refractivity contribution in [2.45, 2.75) is 38.8 Å². The number of rotatable bonds is 2. The third-order valence-electron chi connectivity index (χ3n) is 2.87. The summed E-state index contributed by atoms with van der Waals surface area (Å²) in [7, 11) is -2.10. The lowest BCUT2D eigenvalue weighted by molar-refractivity contribution is -0.145. The molecule has 1 rings (SSSR count). The summed E-state index contributed by atoms with van der Waals surface area (Å²) >= 11 is 0. The highest BCUT2D eigenvalue weighted by molar-refractivity contribution is 7.91. The number of carbonyl (C=O) groups is 2. The van der Waals surface area contributed by atoms with Gasteiger partial charge in [-0.25, -0.2) is 13.2 Å². The van der Waals surface area contributed by atoms with Crippen molar-refractivity contribution in [1.29, 1.82) is 0 Å². The molecular formula is C12H21NO6S. The third kappa shape index (κ3) is 4.99. The smallest absolute Gasteiger partial charge is 0.407 e. The van der Waals surface area contributed by atoms with Gasteiger partial charge >= 0.3 is 12.1 Å². The zero-order valence-corrected chi connectivity index (χ0v) is 13.0. The predicted octanol–water partition coefficient (Wildman–Crippen LogP) is 0.487. The number of nitrogens with one attached hydrogen (secondary N) is 1. The molecule has 0 spiro atoms. The molecule has 116 valence electrons. The maximum absolute atomic E-state index is 11.7. The van der Waals surface area contributed by atoms with Crippen LogP contribution in [0.5, 0.6) is 0 Å². The summed E-state index contributed by atoms with van der Waals surface area (Å²) in [6, 6.07) is -0.596. The minimum atomic E-state index is -3.28. The fourth-order valence-corrected chi connectivity index (χ4v) is 3.69. The first-order valence-corrected chi connectivity index (χ1v) is 8.14. The van der Waals surface area contributed by atoms with Crippen LogP contribution in [0.2, 0.25) is 0 Å². The van der Waals surface area contributed by atoms with Gasteiger partial charge in [0.1, 0.15) is 5.60 Å². The van der Waals surface area contributed by atoms with Crippen LogP contribution < -0.4 is 5.32 Å². The van der Waals surface area contributed by atoms with Crippen LogP contribution in [-0.2, 0) is 24.1 Å². The number of hydrogen-bond donors (Lipinski definition) is 1. The van der Waals surface area contributed by atoms with Crippen molar-refractivity contribution in [1.82, 2.24) is 5.32 Å². The quantitative estimate of drug-likeness (QED) is 0.745. The zero-order chi connectivity index (χ0) is 15.6. The van der Waals surface area contributed by atoms with Gasteiger partial charge in [-0.15, -0.1) is 0 Å². The Balaban J connectivity index is 2.76. The highest BCUT2D eigenvalue weighted by Crippen LogP contribution is 2.21. The fraction of sp³-hybridized carbons (Fsp3) is 0.833. The number of hydrogen-bond acceptors (Lipinski definition) is 6. The van der Waals surface area contributed by atoms with Crippen LogP contribution in [0.25, 0.3) is 0 Å². The average molecular weight is 307 g/mol. The summed E-state index contributed by atoms with van der Waals surface area (Å²) in [6.07, 6.45) is -0.503. The van der Waals surface area contributed by atoms with Gasteiger partial charge in [-0.3, -0.25) is 4.79 Å². The molecule has 1 aliphatic heterocycles. The van der Waals surface area contributed by atoms with Crippen LogP contribution in [0.15, 0.2) is 0 Å². The Hall–Kier alpha value is -1.31. The molecule has 8 heteroatoms. The van der Waals surface area contributed by atoms with E-state index in [4.69, 9.17) is 4.74 Å². The maximum Gasteiger partial charge on any atom is 0.407 e. The molecule has 0 aromatic rings. The largest absolute Gasteiger partial charge is 0.469 e. The SMILES string of the molecule is COC(=O)[C@@H]1CS(=O)(=O)CC[C@H]1NC(=O)OC(C)(C)C. The van der Waals surface area contributed by atoms with Gasteiger partial charge in [-0.05, 0) is 27.2 Å². The summed E-state index contributed by atoms with van der Waals surface area (Å²) in [6.45, 7) is 5.15. The van der Waals surface area contributed by atoms with Gasteiger partial charge in [0.25, 0.3) is 0 Å². The molecule has 0 aromatic heterocycles. The Bertz CT molecular complexity index is 479. The van der Waals surface area contributed by atoms with Gasteiger partial charge in [0.15, 0.2) is 9.84 Å². The van der Waals surface area contributed by atoms with E-state index in [2.05, 4.69) is 10.1 Å². The minimum absolute atomic E-state index is 0.0685. The molecule has 0 aromatic carbocycles. The highest BCUT2D eigenvalue weighted by Gasteiger charge is 2.39. The lowest BCUT2D eigenvalue weighted by Crippen LogP contribution is -2.51. The van der Waals surface area contributed by atoms with Crippen molar-refractivity contribution in [3.05, 3.63) is 0 Å². The molecule has 20 heavy (non-hydrogen) atoms. The molecule has 0 radical (unpaired) electrons. The summed E-state index contributed by atoms with van der Waals surface area (Å²) < 4.78 is 32.9. The molecule has 0 bridgehead atoms. The monoisotopic (exact) mass is 307 g/mol. The van der Waals surface area contributed by atoms with E-state index in [1.165, 1.54) is 7.11 Å². The van der Waals surface area contributed by atoms with E-state index in [0.717, 1.165) is 0 Å². The van der Waals surface area contributed by atoms with Crippen molar-refractivity contribution in [2.75, 3.05) is 18.6 Å². The second-order valence-electron chi connectivity index (χ2n) is 5.79. The van der Waals surface area contributed by atoms with Crippen molar-refractivity contribution >= 4 is 21.9 Å². The molecule has 2 atom stereocenters. The number of sulfone groups is 1. The van der Waals surface area contributed by atoms with Crippen molar-refractivity contribution < 1.29 is 27.5 Å². The lowest BCUT2D eigenvalue weighted by atomic mass is 9.99. The average Bonchev–Trinajstić information content (AvgIpc) is 2.27. The summed E-state index contributed by atoms with van der Waals surface area (Å²) in [5.74, 6) is -1.93. The van der Waals surface area contributed by atoms with E-state index >= 15 is 0 Å². The first-order chi connectivity index (χ1) is 9.04. The molecule has 1 fully saturated rings. The van der Waals surface area contributed by atoms with Crippen LogP contribution >= 0.6 is 0 Å². The number of esters is 1. The Morgan fingerprint density at radius 3 is 2.35 bits per heavy atom. The van der Waals surface area contributed by atoms with Crippen molar-refractivity contribution in [3.8, 4) is 0 Å². The van der Waals surface area contributed by atoms with Gasteiger partial charge in [-0.1, -0.05) is 0 Å². The van der Waals surface area contributed by atoms with E-state index in [9.17, 15) is 18.0 Å². The van der Waals surface area contributed by atoms with E-state index in [1.807, 2.05) is 0 Å². The van der Waals surface area contributed by atoms with Crippen LogP contribution in [0.4, 0.5) is 4.79 Å². The molecule has 1 aliphatic rings. The Labute approximate surface area is 118 Å². The van der Waals surface area contributed by atoms with E-state index in [1.54, 1.807) is 20.8 Å². The van der Waals surface area contributed by atoms with Crippen LogP contribution in [-0.4, -0.2) is 50.7 Å². The zero-order valence-electron chi connectivity index (χ0n) is 12.1. The molecule has 0 unspecified atom stereocenters. The van der Waals surface area contributed by atoms with Gasteiger partial charge in [0, 0.05) is 6.04 Å². The van der Waals surface area contributed by atoms with Gasteiger partial charge in [-0.2, -0.15) is 0 Å². The van der Waals surface area contributed by atoms with Gasteiger partial charge < -0.3 is 14.8 Å². The second-order valence-corrected chi connectivity index (χ2v) is 8.01. The van der Waals surface area contributed by atoms with E-state index < -0.39 is 39.5 Å². The van der Waals surface area contributed by atoms with Crippen LogP contribution in [0.3, 0.4) is 0 Å². The number of ether oxygens (including phenoxy) is 2.